The molecule has 0 aromatic carbocycles. The van der Waals surface area contributed by atoms with Gasteiger partial charge in [-0.15, -0.1) is 0 Å². The van der Waals surface area contributed by atoms with Crippen LogP contribution in [0.3, 0.4) is 0 Å². The summed E-state index contributed by atoms with van der Waals surface area (Å²) in [6, 6.07) is 1.87. The molecule has 1 atom stereocenters. The number of carbonyl (C=O) groups is 1. The van der Waals surface area contributed by atoms with Crippen molar-refractivity contribution in [3.8, 4) is 0 Å². The van der Waals surface area contributed by atoms with Crippen LogP contribution in [0.5, 0.6) is 0 Å². The molecule has 19 heavy (non-hydrogen) atoms. The van der Waals surface area contributed by atoms with E-state index in [9.17, 15) is 4.79 Å². The summed E-state index contributed by atoms with van der Waals surface area (Å²) >= 11 is 0. The van der Waals surface area contributed by atoms with Gasteiger partial charge in [-0.25, -0.2) is 0 Å². The summed E-state index contributed by atoms with van der Waals surface area (Å²) in [5, 5.41) is 7.06. The number of hydrogen-bond acceptors (Lipinski definition) is 4. The Morgan fingerprint density at radius 3 is 3.05 bits per heavy atom. The lowest BCUT2D eigenvalue weighted by Gasteiger charge is -2.27. The van der Waals surface area contributed by atoms with Gasteiger partial charge in [-0.05, 0) is 18.9 Å². The van der Waals surface area contributed by atoms with Gasteiger partial charge in [-0.2, -0.15) is 5.10 Å². The minimum atomic E-state index is -0.0719. The summed E-state index contributed by atoms with van der Waals surface area (Å²) in [6.45, 7) is 2.31. The second-order valence-corrected chi connectivity index (χ2v) is 5.24. The van der Waals surface area contributed by atoms with Crippen molar-refractivity contribution in [3.05, 3.63) is 17.5 Å². The van der Waals surface area contributed by atoms with Crippen molar-refractivity contribution in [2.24, 2.45) is 0 Å². The monoisotopic (exact) mass is 265 g/mol. The van der Waals surface area contributed by atoms with Gasteiger partial charge in [0, 0.05) is 25.2 Å². The van der Waals surface area contributed by atoms with Crippen molar-refractivity contribution >= 4 is 5.91 Å². The molecule has 1 amide bonds. The Bertz CT molecular complexity index is 450. The highest BCUT2D eigenvalue weighted by molar-refractivity contribution is 5.92. The van der Waals surface area contributed by atoms with Crippen molar-refractivity contribution in [2.45, 2.75) is 24.9 Å². The molecule has 0 radical (unpaired) electrons. The van der Waals surface area contributed by atoms with Crippen LogP contribution in [0.25, 0.3) is 0 Å². The van der Waals surface area contributed by atoms with Crippen LogP contribution in [0.2, 0.25) is 0 Å². The number of amides is 1. The van der Waals surface area contributed by atoms with E-state index >= 15 is 0 Å². The van der Waals surface area contributed by atoms with Crippen LogP contribution in [-0.4, -0.2) is 60.5 Å². The zero-order valence-electron chi connectivity index (χ0n) is 11.1. The first kappa shape index (κ1) is 12.6. The number of aromatic nitrogens is 2. The molecular formula is C13H19N3O3. The van der Waals surface area contributed by atoms with E-state index in [-0.39, 0.29) is 12.0 Å². The van der Waals surface area contributed by atoms with Gasteiger partial charge in [0.15, 0.2) is 0 Å². The number of aromatic amines is 1. The number of hydrogen-bond donors (Lipinski definition) is 1. The molecule has 1 saturated heterocycles. The highest BCUT2D eigenvalue weighted by Gasteiger charge is 2.27. The highest BCUT2D eigenvalue weighted by Crippen LogP contribution is 2.39. The van der Waals surface area contributed by atoms with Crippen LogP contribution < -0.4 is 0 Å². The van der Waals surface area contributed by atoms with Crippen molar-refractivity contribution in [1.82, 2.24) is 15.1 Å². The standard InChI is InChI=1S/C13H19N3O3/c1-16(7-10-8-18-4-5-19-10)13(17)12-6-11(14-15-12)9-2-3-9/h6,9-10H,2-5,7-8H2,1H3,(H,14,15). The van der Waals surface area contributed by atoms with E-state index in [4.69, 9.17) is 9.47 Å². The van der Waals surface area contributed by atoms with Crippen molar-refractivity contribution in [3.63, 3.8) is 0 Å². The molecule has 6 heteroatoms. The molecule has 1 unspecified atom stereocenters. The third-order valence-corrected chi connectivity index (χ3v) is 3.54. The molecule has 1 N–H and O–H groups in total. The van der Waals surface area contributed by atoms with E-state index < -0.39 is 0 Å². The number of rotatable bonds is 4. The molecule has 2 fully saturated rings. The fourth-order valence-electron chi connectivity index (χ4n) is 2.28. The Hall–Kier alpha value is -1.40. The Morgan fingerprint density at radius 2 is 2.37 bits per heavy atom. The van der Waals surface area contributed by atoms with Gasteiger partial charge < -0.3 is 14.4 Å². The first-order valence-corrected chi connectivity index (χ1v) is 6.74. The third-order valence-electron chi connectivity index (χ3n) is 3.54. The van der Waals surface area contributed by atoms with E-state index in [1.165, 1.54) is 12.8 Å². The van der Waals surface area contributed by atoms with E-state index in [0.29, 0.717) is 38.0 Å². The Kier molecular flexibility index (Phi) is 3.52. The second-order valence-electron chi connectivity index (χ2n) is 5.24. The van der Waals surface area contributed by atoms with E-state index in [1.54, 1.807) is 11.9 Å². The normalized spacial score (nSPS) is 23.3. The van der Waals surface area contributed by atoms with Gasteiger partial charge in [-0.3, -0.25) is 9.89 Å². The van der Waals surface area contributed by atoms with Crippen LogP contribution >= 0.6 is 0 Å². The summed E-state index contributed by atoms with van der Waals surface area (Å²) in [5.74, 6) is 0.506. The number of nitrogens with one attached hydrogen (secondary N) is 1. The van der Waals surface area contributed by atoms with Gasteiger partial charge in [0.2, 0.25) is 0 Å². The van der Waals surface area contributed by atoms with E-state index in [2.05, 4.69) is 10.2 Å². The zero-order chi connectivity index (χ0) is 13.2. The molecular weight excluding hydrogens is 246 g/mol. The highest BCUT2D eigenvalue weighted by atomic mass is 16.6. The molecule has 3 rings (SSSR count). The van der Waals surface area contributed by atoms with Crippen LogP contribution in [0.1, 0.15) is 34.9 Å². The predicted octanol–water partition coefficient (Wildman–Crippen LogP) is 0.774. The number of carbonyl (C=O) groups excluding carboxylic acids is 1. The average Bonchev–Trinajstić information content (AvgIpc) is 3.17. The maximum atomic E-state index is 12.2. The van der Waals surface area contributed by atoms with Crippen molar-refractivity contribution in [2.75, 3.05) is 33.4 Å². The smallest absolute Gasteiger partial charge is 0.274 e. The summed E-state index contributed by atoms with van der Waals surface area (Å²) in [7, 11) is 1.77. The zero-order valence-corrected chi connectivity index (χ0v) is 11.1. The first-order valence-electron chi connectivity index (χ1n) is 6.74. The van der Waals surface area contributed by atoms with Crippen LogP contribution in [-0.2, 0) is 9.47 Å². The Balaban J connectivity index is 1.58. The molecule has 0 spiro atoms. The van der Waals surface area contributed by atoms with Gasteiger partial charge >= 0.3 is 0 Å². The maximum Gasteiger partial charge on any atom is 0.274 e. The molecule has 2 aliphatic rings. The summed E-state index contributed by atoms with van der Waals surface area (Å²) in [4.78, 5) is 13.9. The van der Waals surface area contributed by atoms with Crippen LogP contribution in [0.15, 0.2) is 6.07 Å². The van der Waals surface area contributed by atoms with Crippen LogP contribution in [0, 0.1) is 0 Å². The van der Waals surface area contributed by atoms with Crippen molar-refractivity contribution < 1.29 is 14.3 Å². The minimum Gasteiger partial charge on any atom is -0.376 e. The lowest BCUT2D eigenvalue weighted by atomic mass is 10.2. The van der Waals surface area contributed by atoms with Crippen molar-refractivity contribution in [1.29, 1.82) is 0 Å². The summed E-state index contributed by atoms with van der Waals surface area (Å²) in [5.41, 5.74) is 1.56. The van der Waals surface area contributed by atoms with E-state index in [0.717, 1.165) is 5.69 Å². The average molecular weight is 265 g/mol. The predicted molar refractivity (Wildman–Crippen MR) is 68.1 cm³/mol. The fraction of sp³-hybridized carbons (Fsp3) is 0.692. The SMILES string of the molecule is CN(CC1COCCO1)C(=O)c1cc(C2CC2)[nH]n1. The van der Waals surface area contributed by atoms with Gasteiger partial charge in [-0.1, -0.05) is 0 Å². The van der Waals surface area contributed by atoms with Gasteiger partial charge in [0.25, 0.3) is 5.91 Å². The molecule has 1 aromatic rings. The molecule has 1 aliphatic heterocycles. The number of likely N-dealkylation sites (N-methyl/N-ethyl adjacent to an activating group) is 1. The first-order chi connectivity index (χ1) is 9.24. The number of ether oxygens (including phenoxy) is 2. The largest absolute Gasteiger partial charge is 0.376 e. The summed E-state index contributed by atoms with van der Waals surface area (Å²) < 4.78 is 10.9. The molecule has 2 heterocycles. The van der Waals surface area contributed by atoms with Crippen LogP contribution in [0.4, 0.5) is 0 Å². The second kappa shape index (κ2) is 5.30. The lowest BCUT2D eigenvalue weighted by Crippen LogP contribution is -2.40. The quantitative estimate of drug-likeness (QED) is 0.873. The molecule has 104 valence electrons. The molecule has 6 nitrogen and oxygen atoms in total. The molecule has 1 aliphatic carbocycles. The molecule has 0 bridgehead atoms. The molecule has 1 saturated carbocycles. The fourth-order valence-corrected chi connectivity index (χ4v) is 2.28. The van der Waals surface area contributed by atoms with Gasteiger partial charge in [0.1, 0.15) is 5.69 Å². The Morgan fingerprint density at radius 1 is 1.53 bits per heavy atom. The van der Waals surface area contributed by atoms with Gasteiger partial charge in [0.05, 0.1) is 25.9 Å². The number of H-pyrrole nitrogens is 1. The molecule has 1 aromatic heterocycles. The maximum absolute atomic E-state index is 12.2. The van der Waals surface area contributed by atoms with E-state index in [1.807, 2.05) is 6.07 Å². The topological polar surface area (TPSA) is 67.5 Å². The number of nitrogens with zero attached hydrogens (tertiary/aromatic N) is 2. The third kappa shape index (κ3) is 2.96. The Labute approximate surface area is 112 Å². The minimum absolute atomic E-state index is 0.0375. The summed E-state index contributed by atoms with van der Waals surface area (Å²) in [6.07, 6.45) is 2.35. The lowest BCUT2D eigenvalue weighted by molar-refractivity contribution is -0.0933.